The van der Waals surface area contributed by atoms with Crippen molar-refractivity contribution in [2.75, 3.05) is 0 Å². The van der Waals surface area contributed by atoms with Crippen LogP contribution in [-0.4, -0.2) is 41.5 Å². The minimum absolute atomic E-state index is 0.0813. The number of alkyl halides is 5. The molecule has 2 aliphatic carbocycles. The minimum Gasteiger partial charge on any atom is -0.486 e. The van der Waals surface area contributed by atoms with E-state index < -0.39 is 24.3 Å². The average molecular weight is 491 g/mol. The molecule has 1 atom stereocenters. The van der Waals surface area contributed by atoms with Crippen molar-refractivity contribution >= 4 is 5.91 Å². The first-order valence-electron chi connectivity index (χ1n) is 11.4. The Hall–Kier alpha value is -2.36. The van der Waals surface area contributed by atoms with Crippen LogP contribution in [0.5, 0.6) is 11.5 Å². The first-order chi connectivity index (χ1) is 15.9. The highest BCUT2D eigenvalue weighted by molar-refractivity contribution is 5.80. The zero-order chi connectivity index (χ0) is 25.1. The molecule has 1 aromatic carbocycles. The zero-order valence-electron chi connectivity index (χ0n) is 18.9. The lowest BCUT2D eigenvalue weighted by Gasteiger charge is -2.40. The third kappa shape index (κ3) is 6.20. The Morgan fingerprint density at radius 1 is 1.21 bits per heavy atom. The number of carbonyl (C=O) groups excluding carboxylic acids is 1. The molecule has 2 saturated carbocycles. The first-order valence-corrected chi connectivity index (χ1v) is 11.4. The van der Waals surface area contributed by atoms with E-state index in [4.69, 9.17) is 4.74 Å². The third-order valence-electron chi connectivity index (χ3n) is 6.81. The standard InChI is InChI=1S/C24H30F5NO4/c1-3-4-14-5-10-19(34-22(25)26)20(11-14)33-18-12-15(13-18)21(31)30-17-8-6-16(7-9-17)23(2,32)24(27,28)29/h3,5,10-11,15-18,22,32H,1,4,6-9,12-13H2,2H3,(H,30,31). The SMILES string of the molecule is C=CCc1ccc(OC(F)F)c(OC2CC(C(=O)NC3CCC(C(C)(O)C(F)(F)F)CC3)C2)c1. The molecule has 10 heteroatoms. The molecule has 2 aliphatic rings. The summed E-state index contributed by atoms with van der Waals surface area (Å²) in [7, 11) is 0. The molecule has 0 heterocycles. The predicted molar refractivity (Wildman–Crippen MR) is 115 cm³/mol. The van der Waals surface area contributed by atoms with Crippen molar-refractivity contribution < 1.29 is 41.3 Å². The minimum atomic E-state index is -4.69. The molecule has 1 unspecified atom stereocenters. The summed E-state index contributed by atoms with van der Waals surface area (Å²) in [4.78, 5) is 12.5. The number of benzene rings is 1. The highest BCUT2D eigenvalue weighted by atomic mass is 19.4. The van der Waals surface area contributed by atoms with Crippen LogP contribution in [0.25, 0.3) is 0 Å². The maximum atomic E-state index is 13.0. The third-order valence-corrected chi connectivity index (χ3v) is 6.81. The molecular weight excluding hydrogens is 461 g/mol. The molecule has 0 bridgehead atoms. The molecule has 190 valence electrons. The monoisotopic (exact) mass is 491 g/mol. The second-order valence-corrected chi connectivity index (χ2v) is 9.26. The molecule has 0 spiro atoms. The lowest BCUT2D eigenvalue weighted by molar-refractivity contribution is -0.275. The number of rotatable bonds is 9. The second kappa shape index (κ2) is 10.5. The molecule has 0 radical (unpaired) electrons. The van der Waals surface area contributed by atoms with E-state index in [9.17, 15) is 31.9 Å². The Morgan fingerprint density at radius 3 is 2.41 bits per heavy atom. The summed E-state index contributed by atoms with van der Waals surface area (Å²) in [5, 5.41) is 12.7. The summed E-state index contributed by atoms with van der Waals surface area (Å²) in [5.74, 6) is -1.32. The molecule has 0 saturated heterocycles. The van der Waals surface area contributed by atoms with Gasteiger partial charge >= 0.3 is 12.8 Å². The van der Waals surface area contributed by atoms with E-state index in [0.717, 1.165) is 12.5 Å². The first kappa shape index (κ1) is 26.2. The van der Waals surface area contributed by atoms with Gasteiger partial charge in [0.05, 0.1) is 0 Å². The van der Waals surface area contributed by atoms with Gasteiger partial charge in [0, 0.05) is 12.0 Å². The van der Waals surface area contributed by atoms with Gasteiger partial charge in [0.1, 0.15) is 6.10 Å². The van der Waals surface area contributed by atoms with Crippen molar-refractivity contribution in [2.45, 2.75) is 82.4 Å². The number of carbonyl (C=O) groups is 1. The number of hydrogen-bond donors (Lipinski definition) is 2. The highest BCUT2D eigenvalue weighted by Crippen LogP contribution is 2.43. The lowest BCUT2D eigenvalue weighted by Crippen LogP contribution is -2.52. The van der Waals surface area contributed by atoms with Gasteiger partial charge in [-0.05, 0) is 75.5 Å². The molecular formula is C24H30F5NO4. The van der Waals surface area contributed by atoms with E-state index in [2.05, 4.69) is 16.6 Å². The zero-order valence-corrected chi connectivity index (χ0v) is 18.9. The van der Waals surface area contributed by atoms with Gasteiger partial charge in [-0.2, -0.15) is 22.0 Å². The van der Waals surface area contributed by atoms with E-state index in [1.54, 1.807) is 18.2 Å². The van der Waals surface area contributed by atoms with Crippen molar-refractivity contribution in [3.63, 3.8) is 0 Å². The fourth-order valence-corrected chi connectivity index (χ4v) is 4.54. The molecule has 0 aromatic heterocycles. The molecule has 5 nitrogen and oxygen atoms in total. The summed E-state index contributed by atoms with van der Waals surface area (Å²) in [6.45, 7) is 1.45. The fraction of sp³-hybridized carbons (Fsp3) is 0.625. The van der Waals surface area contributed by atoms with Crippen LogP contribution in [0.1, 0.15) is 51.0 Å². The largest absolute Gasteiger partial charge is 0.486 e. The van der Waals surface area contributed by atoms with Gasteiger partial charge in [0.2, 0.25) is 5.91 Å². The van der Waals surface area contributed by atoms with Crippen LogP contribution in [0.15, 0.2) is 30.9 Å². The number of ether oxygens (including phenoxy) is 2. The van der Waals surface area contributed by atoms with E-state index in [1.807, 2.05) is 0 Å². The van der Waals surface area contributed by atoms with Crippen LogP contribution in [-0.2, 0) is 11.2 Å². The van der Waals surface area contributed by atoms with Gasteiger partial charge in [-0.3, -0.25) is 4.79 Å². The number of amides is 1. The number of aliphatic hydroxyl groups is 1. The summed E-state index contributed by atoms with van der Waals surface area (Å²) in [5.41, 5.74) is -1.92. The molecule has 1 aromatic rings. The van der Waals surface area contributed by atoms with Crippen LogP contribution in [0.3, 0.4) is 0 Å². The van der Waals surface area contributed by atoms with Crippen LogP contribution >= 0.6 is 0 Å². The normalized spacial score (nSPS) is 26.8. The molecule has 2 fully saturated rings. The van der Waals surface area contributed by atoms with Gasteiger partial charge in [-0.25, -0.2) is 0 Å². The van der Waals surface area contributed by atoms with Gasteiger partial charge in [0.15, 0.2) is 17.1 Å². The smallest absolute Gasteiger partial charge is 0.417 e. The van der Waals surface area contributed by atoms with Crippen LogP contribution < -0.4 is 14.8 Å². The number of nitrogens with one attached hydrogen (secondary N) is 1. The predicted octanol–water partition coefficient (Wildman–Crippen LogP) is 5.16. The van der Waals surface area contributed by atoms with E-state index in [0.29, 0.717) is 32.1 Å². The molecule has 34 heavy (non-hydrogen) atoms. The summed E-state index contributed by atoms with van der Waals surface area (Å²) >= 11 is 0. The van der Waals surface area contributed by atoms with Gasteiger partial charge in [-0.1, -0.05) is 12.1 Å². The maximum absolute atomic E-state index is 13.0. The Balaban J connectivity index is 1.48. The van der Waals surface area contributed by atoms with Gasteiger partial charge in [0.25, 0.3) is 0 Å². The van der Waals surface area contributed by atoms with Crippen molar-refractivity contribution in [1.82, 2.24) is 5.32 Å². The molecule has 0 aliphatic heterocycles. The van der Waals surface area contributed by atoms with E-state index >= 15 is 0 Å². The quantitative estimate of drug-likeness (QED) is 0.370. The van der Waals surface area contributed by atoms with Crippen molar-refractivity contribution in [1.29, 1.82) is 0 Å². The van der Waals surface area contributed by atoms with Crippen LogP contribution in [0.2, 0.25) is 0 Å². The van der Waals surface area contributed by atoms with E-state index in [1.165, 1.54) is 6.07 Å². The van der Waals surface area contributed by atoms with Crippen molar-refractivity contribution in [2.24, 2.45) is 11.8 Å². The topological polar surface area (TPSA) is 67.8 Å². The Labute approximate surface area is 195 Å². The maximum Gasteiger partial charge on any atom is 0.417 e. The summed E-state index contributed by atoms with van der Waals surface area (Å²) in [6, 6.07) is 4.43. The van der Waals surface area contributed by atoms with Crippen LogP contribution in [0, 0.1) is 11.8 Å². The highest BCUT2D eigenvalue weighted by Gasteiger charge is 2.55. The summed E-state index contributed by atoms with van der Waals surface area (Å²) in [6.07, 6.45) is -0.987. The Bertz CT molecular complexity index is 859. The van der Waals surface area contributed by atoms with Crippen molar-refractivity contribution in [3.8, 4) is 11.5 Å². The number of allylic oxidation sites excluding steroid dienone is 1. The second-order valence-electron chi connectivity index (χ2n) is 9.26. The fourth-order valence-electron chi connectivity index (χ4n) is 4.54. The Morgan fingerprint density at radius 2 is 1.85 bits per heavy atom. The van der Waals surface area contributed by atoms with E-state index in [-0.39, 0.29) is 48.3 Å². The van der Waals surface area contributed by atoms with Crippen molar-refractivity contribution in [3.05, 3.63) is 36.4 Å². The molecule has 3 rings (SSSR count). The molecule has 2 N–H and O–H groups in total. The van der Waals surface area contributed by atoms with Gasteiger partial charge < -0.3 is 19.9 Å². The molecule has 1 amide bonds. The lowest BCUT2D eigenvalue weighted by atomic mass is 9.75. The average Bonchev–Trinajstić information content (AvgIpc) is 2.71. The summed E-state index contributed by atoms with van der Waals surface area (Å²) < 4.78 is 74.9. The Kier molecular flexibility index (Phi) is 8.10. The number of hydrogen-bond acceptors (Lipinski definition) is 4. The number of halogens is 5. The van der Waals surface area contributed by atoms with Gasteiger partial charge in [-0.15, -0.1) is 6.58 Å². The van der Waals surface area contributed by atoms with Crippen LogP contribution in [0.4, 0.5) is 22.0 Å².